The first-order valence-corrected chi connectivity index (χ1v) is 5.40. The van der Waals surface area contributed by atoms with Gasteiger partial charge in [-0.25, -0.2) is 4.98 Å². The summed E-state index contributed by atoms with van der Waals surface area (Å²) < 4.78 is 0. The Morgan fingerprint density at radius 1 is 1.47 bits per heavy atom. The van der Waals surface area contributed by atoms with E-state index < -0.39 is 0 Å². The van der Waals surface area contributed by atoms with Gasteiger partial charge < -0.3 is 15.3 Å². The average Bonchev–Trinajstić information content (AvgIpc) is 2.30. The number of aliphatic hydroxyl groups excluding tert-OH is 1. The van der Waals surface area contributed by atoms with Crippen molar-refractivity contribution in [2.75, 3.05) is 31.1 Å². The molecule has 1 saturated heterocycles. The molecule has 5 heteroatoms. The molecule has 4 nitrogen and oxygen atoms in total. The van der Waals surface area contributed by atoms with E-state index in [0.717, 1.165) is 37.6 Å². The number of halogens is 1. The van der Waals surface area contributed by atoms with E-state index >= 15 is 0 Å². The number of aromatic nitrogens is 1. The van der Waals surface area contributed by atoms with Crippen molar-refractivity contribution in [2.24, 2.45) is 0 Å². The monoisotopic (exact) mass is 227 g/mol. The molecule has 1 fully saturated rings. The Morgan fingerprint density at radius 3 is 2.80 bits per heavy atom. The smallest absolute Gasteiger partial charge is 0.147 e. The first-order chi connectivity index (χ1) is 7.31. The number of aliphatic hydroxyl groups is 1. The van der Waals surface area contributed by atoms with E-state index in [-0.39, 0.29) is 6.61 Å². The summed E-state index contributed by atoms with van der Waals surface area (Å²) in [7, 11) is 0. The lowest BCUT2D eigenvalue weighted by Crippen LogP contribution is -2.44. The van der Waals surface area contributed by atoms with E-state index in [9.17, 15) is 0 Å². The fraction of sp³-hybridized carbons (Fsp3) is 0.500. The Balaban J connectivity index is 2.19. The second-order valence-corrected chi connectivity index (χ2v) is 3.95. The Morgan fingerprint density at radius 2 is 2.20 bits per heavy atom. The first kappa shape index (κ1) is 10.7. The van der Waals surface area contributed by atoms with Crippen molar-refractivity contribution >= 4 is 17.4 Å². The zero-order valence-electron chi connectivity index (χ0n) is 8.41. The molecule has 0 atom stereocenters. The van der Waals surface area contributed by atoms with Crippen molar-refractivity contribution in [1.29, 1.82) is 0 Å². The van der Waals surface area contributed by atoms with Crippen LogP contribution in [0.4, 0.5) is 5.82 Å². The van der Waals surface area contributed by atoms with Crippen LogP contribution in [0.15, 0.2) is 12.3 Å². The summed E-state index contributed by atoms with van der Waals surface area (Å²) in [6, 6.07) is 1.77. The van der Waals surface area contributed by atoms with E-state index in [1.807, 2.05) is 0 Å². The summed E-state index contributed by atoms with van der Waals surface area (Å²) in [5.41, 5.74) is 0.749. The standard InChI is InChI=1S/C10H14ClN3O/c11-9-5-8(7-15)6-13-10(9)14-3-1-12-2-4-14/h5-6,12,15H,1-4,7H2. The minimum atomic E-state index is -0.0193. The lowest BCUT2D eigenvalue weighted by atomic mass is 10.3. The lowest BCUT2D eigenvalue weighted by Gasteiger charge is -2.29. The Kier molecular flexibility index (Phi) is 3.41. The zero-order chi connectivity index (χ0) is 10.7. The van der Waals surface area contributed by atoms with Gasteiger partial charge in [0.1, 0.15) is 5.82 Å². The molecule has 1 aromatic rings. The molecule has 1 aliphatic rings. The van der Waals surface area contributed by atoms with Crippen LogP contribution in [0.25, 0.3) is 0 Å². The van der Waals surface area contributed by atoms with Crippen LogP contribution in [0, 0.1) is 0 Å². The van der Waals surface area contributed by atoms with Crippen LogP contribution < -0.4 is 10.2 Å². The van der Waals surface area contributed by atoms with Gasteiger partial charge in [-0.1, -0.05) is 11.6 Å². The van der Waals surface area contributed by atoms with Crippen molar-refractivity contribution in [3.63, 3.8) is 0 Å². The third-order valence-corrected chi connectivity index (χ3v) is 2.76. The Hall–Kier alpha value is -0.840. The van der Waals surface area contributed by atoms with Crippen LogP contribution in [-0.4, -0.2) is 36.3 Å². The molecule has 0 aromatic carbocycles. The molecular formula is C10H14ClN3O. The van der Waals surface area contributed by atoms with Gasteiger partial charge in [0.05, 0.1) is 11.6 Å². The lowest BCUT2D eigenvalue weighted by molar-refractivity contribution is 0.281. The van der Waals surface area contributed by atoms with E-state index in [4.69, 9.17) is 16.7 Å². The van der Waals surface area contributed by atoms with E-state index in [1.54, 1.807) is 12.3 Å². The molecule has 2 N–H and O–H groups in total. The number of hydrogen-bond acceptors (Lipinski definition) is 4. The predicted octanol–water partition coefficient (Wildman–Crippen LogP) is 0.637. The molecule has 0 amide bonds. The van der Waals surface area contributed by atoms with E-state index in [0.29, 0.717) is 5.02 Å². The molecule has 0 saturated carbocycles. The minimum absolute atomic E-state index is 0.0193. The van der Waals surface area contributed by atoms with Crippen molar-refractivity contribution in [2.45, 2.75) is 6.61 Å². The maximum absolute atomic E-state index is 8.94. The quantitative estimate of drug-likeness (QED) is 0.779. The highest BCUT2D eigenvalue weighted by molar-refractivity contribution is 6.33. The molecule has 0 unspecified atom stereocenters. The summed E-state index contributed by atoms with van der Waals surface area (Å²) >= 11 is 6.11. The van der Waals surface area contributed by atoms with Gasteiger partial charge in [0, 0.05) is 32.4 Å². The highest BCUT2D eigenvalue weighted by Crippen LogP contribution is 2.24. The Bertz CT molecular complexity index is 339. The van der Waals surface area contributed by atoms with Crippen LogP contribution in [0.1, 0.15) is 5.56 Å². The molecule has 1 aromatic heterocycles. The Labute approximate surface area is 93.9 Å². The SMILES string of the molecule is OCc1cnc(N2CCNCC2)c(Cl)c1. The first-order valence-electron chi connectivity index (χ1n) is 5.02. The molecule has 2 rings (SSSR count). The van der Waals surface area contributed by atoms with Crippen LogP contribution in [0.5, 0.6) is 0 Å². The molecule has 82 valence electrons. The summed E-state index contributed by atoms with van der Waals surface area (Å²) in [6.07, 6.45) is 1.67. The fourth-order valence-electron chi connectivity index (χ4n) is 1.67. The number of hydrogen-bond donors (Lipinski definition) is 2. The molecule has 0 aliphatic carbocycles. The third-order valence-electron chi connectivity index (χ3n) is 2.48. The molecule has 15 heavy (non-hydrogen) atoms. The highest BCUT2D eigenvalue weighted by Gasteiger charge is 2.14. The van der Waals surface area contributed by atoms with Gasteiger partial charge in [0.25, 0.3) is 0 Å². The maximum Gasteiger partial charge on any atom is 0.147 e. The van der Waals surface area contributed by atoms with Crippen molar-refractivity contribution in [3.05, 3.63) is 22.8 Å². The van der Waals surface area contributed by atoms with E-state index in [2.05, 4.69) is 15.2 Å². The molecular weight excluding hydrogens is 214 g/mol. The number of rotatable bonds is 2. The summed E-state index contributed by atoms with van der Waals surface area (Å²) in [5, 5.41) is 12.8. The van der Waals surface area contributed by atoms with Gasteiger partial charge in [-0.2, -0.15) is 0 Å². The minimum Gasteiger partial charge on any atom is -0.392 e. The number of anilines is 1. The van der Waals surface area contributed by atoms with Crippen LogP contribution in [0.2, 0.25) is 5.02 Å². The largest absolute Gasteiger partial charge is 0.392 e. The molecule has 0 bridgehead atoms. The topological polar surface area (TPSA) is 48.4 Å². The predicted molar refractivity (Wildman–Crippen MR) is 60.3 cm³/mol. The summed E-state index contributed by atoms with van der Waals surface area (Å²) in [5.74, 6) is 0.815. The van der Waals surface area contributed by atoms with Crippen LogP contribution >= 0.6 is 11.6 Å². The molecule has 0 radical (unpaired) electrons. The highest BCUT2D eigenvalue weighted by atomic mass is 35.5. The normalized spacial score (nSPS) is 16.8. The molecule has 2 heterocycles. The fourth-order valence-corrected chi connectivity index (χ4v) is 1.97. The second kappa shape index (κ2) is 4.79. The maximum atomic E-state index is 8.94. The van der Waals surface area contributed by atoms with Gasteiger partial charge in [-0.05, 0) is 11.6 Å². The zero-order valence-corrected chi connectivity index (χ0v) is 9.17. The number of pyridine rings is 1. The van der Waals surface area contributed by atoms with Crippen molar-refractivity contribution in [1.82, 2.24) is 10.3 Å². The van der Waals surface area contributed by atoms with Crippen LogP contribution in [0.3, 0.4) is 0 Å². The van der Waals surface area contributed by atoms with Gasteiger partial charge in [0.15, 0.2) is 0 Å². The summed E-state index contributed by atoms with van der Waals surface area (Å²) in [6.45, 7) is 3.74. The van der Waals surface area contributed by atoms with Crippen molar-refractivity contribution < 1.29 is 5.11 Å². The van der Waals surface area contributed by atoms with Gasteiger partial charge in [0.2, 0.25) is 0 Å². The number of nitrogens with zero attached hydrogens (tertiary/aromatic N) is 2. The van der Waals surface area contributed by atoms with Crippen molar-refractivity contribution in [3.8, 4) is 0 Å². The van der Waals surface area contributed by atoms with Gasteiger partial charge in [-0.3, -0.25) is 0 Å². The van der Waals surface area contributed by atoms with Crippen LogP contribution in [-0.2, 0) is 6.61 Å². The molecule has 1 aliphatic heterocycles. The second-order valence-electron chi connectivity index (χ2n) is 3.54. The average molecular weight is 228 g/mol. The summed E-state index contributed by atoms with van der Waals surface area (Å²) in [4.78, 5) is 6.43. The molecule has 0 spiro atoms. The van der Waals surface area contributed by atoms with Gasteiger partial charge in [-0.15, -0.1) is 0 Å². The van der Waals surface area contributed by atoms with Gasteiger partial charge >= 0.3 is 0 Å². The third kappa shape index (κ3) is 2.40. The van der Waals surface area contributed by atoms with E-state index in [1.165, 1.54) is 0 Å². The number of piperazine rings is 1. The number of nitrogens with one attached hydrogen (secondary N) is 1.